The van der Waals surface area contributed by atoms with E-state index in [1.807, 2.05) is 6.92 Å². The van der Waals surface area contributed by atoms with Gasteiger partial charge in [0.25, 0.3) is 0 Å². The highest BCUT2D eigenvalue weighted by atomic mass is 35.5. The van der Waals surface area contributed by atoms with Crippen LogP contribution in [0.4, 0.5) is 0 Å². The second-order valence-electron chi connectivity index (χ2n) is 3.82. The maximum absolute atomic E-state index is 12.1. The van der Waals surface area contributed by atoms with E-state index in [0.717, 1.165) is 0 Å². The predicted octanol–water partition coefficient (Wildman–Crippen LogP) is 1.36. The van der Waals surface area contributed by atoms with Crippen LogP contribution in [0.5, 0.6) is 5.75 Å². The number of sulfonamides is 1. The van der Waals surface area contributed by atoms with Crippen LogP contribution in [0.2, 0.25) is 5.02 Å². The standard InChI is InChI=1S/C11H17ClN2O3S/c1-3-9(13)7-14-18(15,16)11-5-4-8(12)6-10(11)17-2/h4-6,9,14H,3,7,13H2,1-2H3. The van der Waals surface area contributed by atoms with Crippen molar-refractivity contribution in [1.82, 2.24) is 4.72 Å². The van der Waals surface area contributed by atoms with E-state index in [-0.39, 0.29) is 23.2 Å². The van der Waals surface area contributed by atoms with E-state index in [1.54, 1.807) is 0 Å². The van der Waals surface area contributed by atoms with Gasteiger partial charge in [-0.05, 0) is 18.6 Å². The lowest BCUT2D eigenvalue weighted by Gasteiger charge is -2.13. The molecule has 0 aromatic heterocycles. The Bertz CT molecular complexity index is 505. The molecule has 102 valence electrons. The summed E-state index contributed by atoms with van der Waals surface area (Å²) in [6, 6.07) is 4.15. The van der Waals surface area contributed by atoms with Gasteiger partial charge in [-0.25, -0.2) is 13.1 Å². The highest BCUT2D eigenvalue weighted by molar-refractivity contribution is 7.89. The first-order valence-corrected chi connectivity index (χ1v) is 7.35. The number of hydrogen-bond donors (Lipinski definition) is 2. The summed E-state index contributed by atoms with van der Waals surface area (Å²) in [6.07, 6.45) is 0.695. The van der Waals surface area contributed by atoms with Crippen molar-refractivity contribution >= 4 is 21.6 Å². The molecule has 0 radical (unpaired) electrons. The van der Waals surface area contributed by atoms with Crippen LogP contribution >= 0.6 is 11.6 Å². The first-order valence-electron chi connectivity index (χ1n) is 5.49. The highest BCUT2D eigenvalue weighted by Gasteiger charge is 2.20. The van der Waals surface area contributed by atoms with E-state index in [0.29, 0.717) is 11.4 Å². The van der Waals surface area contributed by atoms with Gasteiger partial charge in [0.15, 0.2) is 0 Å². The molecule has 0 amide bonds. The Labute approximate surface area is 112 Å². The van der Waals surface area contributed by atoms with Crippen molar-refractivity contribution in [2.75, 3.05) is 13.7 Å². The van der Waals surface area contributed by atoms with E-state index in [4.69, 9.17) is 22.1 Å². The second-order valence-corrected chi connectivity index (χ2v) is 5.99. The van der Waals surface area contributed by atoms with Gasteiger partial charge in [0.05, 0.1) is 7.11 Å². The molecule has 3 N–H and O–H groups in total. The number of halogens is 1. The molecule has 0 aliphatic rings. The van der Waals surface area contributed by atoms with Crippen molar-refractivity contribution in [3.63, 3.8) is 0 Å². The fraction of sp³-hybridized carbons (Fsp3) is 0.455. The fourth-order valence-corrected chi connectivity index (χ4v) is 2.71. The van der Waals surface area contributed by atoms with Crippen LogP contribution in [-0.4, -0.2) is 28.1 Å². The van der Waals surface area contributed by atoms with Crippen molar-refractivity contribution in [3.8, 4) is 5.75 Å². The molecule has 0 saturated heterocycles. The molecule has 1 atom stereocenters. The molecule has 7 heteroatoms. The minimum atomic E-state index is -3.64. The van der Waals surface area contributed by atoms with Gasteiger partial charge in [-0.2, -0.15) is 0 Å². The molecule has 0 aliphatic heterocycles. The number of nitrogens with two attached hydrogens (primary N) is 1. The van der Waals surface area contributed by atoms with E-state index >= 15 is 0 Å². The number of rotatable bonds is 6. The Hall–Kier alpha value is -0.820. The Balaban J connectivity index is 2.98. The first kappa shape index (κ1) is 15.2. The lowest BCUT2D eigenvalue weighted by Crippen LogP contribution is -2.36. The van der Waals surface area contributed by atoms with Gasteiger partial charge in [-0.15, -0.1) is 0 Å². The number of hydrogen-bond acceptors (Lipinski definition) is 4. The van der Waals surface area contributed by atoms with Crippen LogP contribution in [0.15, 0.2) is 23.1 Å². The van der Waals surface area contributed by atoms with E-state index in [2.05, 4.69) is 4.72 Å². The quantitative estimate of drug-likeness (QED) is 0.829. The average Bonchev–Trinajstić information content (AvgIpc) is 2.35. The number of benzene rings is 1. The predicted molar refractivity (Wildman–Crippen MR) is 71.5 cm³/mol. The smallest absolute Gasteiger partial charge is 0.244 e. The summed E-state index contributed by atoms with van der Waals surface area (Å²) in [4.78, 5) is 0.0534. The lowest BCUT2D eigenvalue weighted by molar-refractivity contribution is 0.402. The van der Waals surface area contributed by atoms with Crippen LogP contribution in [0.3, 0.4) is 0 Å². The van der Waals surface area contributed by atoms with Crippen LogP contribution in [-0.2, 0) is 10.0 Å². The average molecular weight is 293 g/mol. The number of ether oxygens (including phenoxy) is 1. The van der Waals surface area contributed by atoms with Crippen molar-refractivity contribution in [1.29, 1.82) is 0 Å². The summed E-state index contributed by atoms with van der Waals surface area (Å²) in [6.45, 7) is 2.08. The summed E-state index contributed by atoms with van der Waals surface area (Å²) < 4.78 is 31.6. The Morgan fingerprint density at radius 1 is 1.50 bits per heavy atom. The van der Waals surface area contributed by atoms with E-state index in [9.17, 15) is 8.42 Å². The third-order valence-electron chi connectivity index (χ3n) is 2.48. The summed E-state index contributed by atoms with van der Waals surface area (Å²) >= 11 is 5.78. The number of nitrogens with one attached hydrogen (secondary N) is 1. The van der Waals surface area contributed by atoms with Crippen molar-refractivity contribution in [2.24, 2.45) is 5.73 Å². The molecule has 0 fully saturated rings. The van der Waals surface area contributed by atoms with Crippen molar-refractivity contribution < 1.29 is 13.2 Å². The van der Waals surface area contributed by atoms with Gasteiger partial charge in [0.1, 0.15) is 10.6 Å². The van der Waals surface area contributed by atoms with Gasteiger partial charge in [-0.3, -0.25) is 0 Å². The minimum Gasteiger partial charge on any atom is -0.495 e. The molecular weight excluding hydrogens is 276 g/mol. The molecule has 18 heavy (non-hydrogen) atoms. The van der Waals surface area contributed by atoms with Crippen LogP contribution in [0, 0.1) is 0 Å². The van der Waals surface area contributed by atoms with Crippen molar-refractivity contribution in [2.45, 2.75) is 24.3 Å². The molecule has 0 bridgehead atoms. The second kappa shape index (κ2) is 6.38. The zero-order valence-corrected chi connectivity index (χ0v) is 11.9. The maximum Gasteiger partial charge on any atom is 0.244 e. The maximum atomic E-state index is 12.1. The highest BCUT2D eigenvalue weighted by Crippen LogP contribution is 2.26. The van der Waals surface area contributed by atoms with Crippen LogP contribution in [0.1, 0.15) is 13.3 Å². The van der Waals surface area contributed by atoms with Gasteiger partial charge < -0.3 is 10.5 Å². The Kier molecular flexibility index (Phi) is 5.40. The zero-order valence-electron chi connectivity index (χ0n) is 10.3. The summed E-state index contributed by atoms with van der Waals surface area (Å²) in [7, 11) is -2.25. The van der Waals surface area contributed by atoms with Crippen molar-refractivity contribution in [3.05, 3.63) is 23.2 Å². The first-order chi connectivity index (χ1) is 8.40. The molecule has 5 nitrogen and oxygen atoms in total. The summed E-state index contributed by atoms with van der Waals surface area (Å²) in [5, 5.41) is 0.413. The topological polar surface area (TPSA) is 81.4 Å². The van der Waals surface area contributed by atoms with Gasteiger partial charge >= 0.3 is 0 Å². The van der Waals surface area contributed by atoms with Gasteiger partial charge in [-0.1, -0.05) is 18.5 Å². The van der Waals surface area contributed by atoms with E-state index < -0.39 is 10.0 Å². The molecule has 0 aliphatic carbocycles. The molecule has 1 rings (SSSR count). The lowest BCUT2D eigenvalue weighted by atomic mass is 10.2. The van der Waals surface area contributed by atoms with Gasteiger partial charge in [0.2, 0.25) is 10.0 Å². The minimum absolute atomic E-state index is 0.0534. The normalized spacial score (nSPS) is 13.3. The molecule has 1 unspecified atom stereocenters. The largest absolute Gasteiger partial charge is 0.495 e. The third kappa shape index (κ3) is 3.84. The van der Waals surface area contributed by atoms with Gasteiger partial charge in [0, 0.05) is 23.7 Å². The molecule has 0 spiro atoms. The number of methoxy groups -OCH3 is 1. The summed E-state index contributed by atoms with van der Waals surface area (Å²) in [5.74, 6) is 0.208. The van der Waals surface area contributed by atoms with E-state index in [1.165, 1.54) is 25.3 Å². The fourth-order valence-electron chi connectivity index (χ4n) is 1.30. The molecule has 0 saturated carbocycles. The summed E-state index contributed by atoms with van der Waals surface area (Å²) in [5.41, 5.74) is 5.67. The molecule has 0 heterocycles. The molecular formula is C11H17ClN2O3S. The zero-order chi connectivity index (χ0) is 13.8. The molecule has 1 aromatic rings. The van der Waals surface area contributed by atoms with Crippen LogP contribution < -0.4 is 15.2 Å². The SMILES string of the molecule is CCC(N)CNS(=O)(=O)c1ccc(Cl)cc1OC. The third-order valence-corrected chi connectivity index (χ3v) is 4.17. The molecule has 1 aromatic carbocycles. The van der Waals surface area contributed by atoms with Crippen LogP contribution in [0.25, 0.3) is 0 Å². The Morgan fingerprint density at radius 3 is 2.72 bits per heavy atom. The monoisotopic (exact) mass is 292 g/mol. The Morgan fingerprint density at radius 2 is 2.17 bits per heavy atom.